The molecule has 0 aliphatic carbocycles. The molecule has 18 heavy (non-hydrogen) atoms. The third-order valence-corrected chi connectivity index (χ3v) is 3.46. The van der Waals surface area contributed by atoms with Crippen molar-refractivity contribution >= 4 is 12.4 Å². The maximum Gasteiger partial charge on any atom is 0.159 e. The summed E-state index contributed by atoms with van der Waals surface area (Å²) in [6.07, 6.45) is 2.11. The zero-order valence-electron chi connectivity index (χ0n) is 10.4. The summed E-state index contributed by atoms with van der Waals surface area (Å²) >= 11 is 0. The Bertz CT molecular complexity index is 401. The predicted molar refractivity (Wildman–Crippen MR) is 70.8 cm³/mol. The zero-order valence-corrected chi connectivity index (χ0v) is 11.2. The Hall–Kier alpha value is -0.710. The van der Waals surface area contributed by atoms with Crippen molar-refractivity contribution < 1.29 is 8.78 Å². The highest BCUT2D eigenvalue weighted by Crippen LogP contribution is 2.24. The molecule has 1 aliphatic heterocycles. The second-order valence-corrected chi connectivity index (χ2v) is 4.75. The highest BCUT2D eigenvalue weighted by molar-refractivity contribution is 5.85. The van der Waals surface area contributed by atoms with Gasteiger partial charge in [-0.25, -0.2) is 8.78 Å². The van der Waals surface area contributed by atoms with Crippen molar-refractivity contribution in [2.45, 2.75) is 31.8 Å². The minimum absolute atomic E-state index is 0. The number of nitrogens with zero attached hydrogens (tertiary/aromatic N) is 1. The highest BCUT2D eigenvalue weighted by Gasteiger charge is 2.22. The van der Waals surface area contributed by atoms with Crippen LogP contribution in [0.25, 0.3) is 0 Å². The largest absolute Gasteiger partial charge is 0.327 e. The second kappa shape index (κ2) is 6.45. The number of piperidine rings is 1. The van der Waals surface area contributed by atoms with Crippen molar-refractivity contribution in [3.63, 3.8) is 0 Å². The first-order valence-electron chi connectivity index (χ1n) is 6.02. The molecule has 0 spiro atoms. The van der Waals surface area contributed by atoms with Gasteiger partial charge in [-0.3, -0.25) is 4.90 Å². The molecule has 1 aromatic rings. The molecule has 0 saturated carbocycles. The predicted octanol–water partition coefficient (Wildman–Crippen LogP) is 2.87. The van der Waals surface area contributed by atoms with Gasteiger partial charge in [0.1, 0.15) is 0 Å². The Balaban J connectivity index is 0.00000162. The second-order valence-electron chi connectivity index (χ2n) is 4.75. The van der Waals surface area contributed by atoms with E-state index >= 15 is 0 Å². The van der Waals surface area contributed by atoms with E-state index in [0.29, 0.717) is 0 Å². The smallest absolute Gasteiger partial charge is 0.159 e. The van der Waals surface area contributed by atoms with Gasteiger partial charge in [-0.15, -0.1) is 12.4 Å². The first kappa shape index (κ1) is 15.3. The van der Waals surface area contributed by atoms with Crippen LogP contribution in [0.5, 0.6) is 0 Å². The van der Waals surface area contributed by atoms with E-state index in [1.165, 1.54) is 12.1 Å². The van der Waals surface area contributed by atoms with Crippen LogP contribution in [0.1, 0.15) is 31.4 Å². The van der Waals surface area contributed by atoms with E-state index < -0.39 is 11.6 Å². The molecule has 0 radical (unpaired) electrons. The van der Waals surface area contributed by atoms with Crippen molar-refractivity contribution in [2.75, 3.05) is 13.1 Å². The van der Waals surface area contributed by atoms with Crippen LogP contribution in [0.3, 0.4) is 0 Å². The van der Waals surface area contributed by atoms with Crippen LogP contribution in [0.4, 0.5) is 8.78 Å². The molecule has 2 rings (SSSR count). The summed E-state index contributed by atoms with van der Waals surface area (Å²) in [7, 11) is 0. The van der Waals surface area contributed by atoms with E-state index in [1.54, 1.807) is 6.07 Å². The standard InChI is InChI=1S/C13H18F2N2.ClH/c1-9(17-6-2-3-11(16)8-17)10-4-5-12(14)13(15)7-10;/h4-5,7,9,11H,2-3,6,8,16H2,1H3;1H. The molecule has 0 bridgehead atoms. The molecule has 0 amide bonds. The van der Waals surface area contributed by atoms with Crippen molar-refractivity contribution in [1.29, 1.82) is 0 Å². The normalized spacial score (nSPS) is 22.3. The van der Waals surface area contributed by atoms with E-state index in [9.17, 15) is 8.78 Å². The monoisotopic (exact) mass is 276 g/mol. The zero-order chi connectivity index (χ0) is 12.4. The molecule has 1 heterocycles. The van der Waals surface area contributed by atoms with Crippen molar-refractivity contribution in [3.8, 4) is 0 Å². The van der Waals surface area contributed by atoms with Gasteiger partial charge in [0.05, 0.1) is 0 Å². The summed E-state index contributed by atoms with van der Waals surface area (Å²) in [5.74, 6) is -1.58. The van der Waals surface area contributed by atoms with Gasteiger partial charge in [0, 0.05) is 18.6 Å². The van der Waals surface area contributed by atoms with Gasteiger partial charge in [0.2, 0.25) is 0 Å². The van der Waals surface area contributed by atoms with E-state index in [0.717, 1.165) is 31.5 Å². The highest BCUT2D eigenvalue weighted by atomic mass is 35.5. The van der Waals surface area contributed by atoms with Crippen LogP contribution in [-0.2, 0) is 0 Å². The lowest BCUT2D eigenvalue weighted by atomic mass is 10.0. The lowest BCUT2D eigenvalue weighted by molar-refractivity contribution is 0.159. The molecular formula is C13H19ClF2N2. The third-order valence-electron chi connectivity index (χ3n) is 3.46. The lowest BCUT2D eigenvalue weighted by Crippen LogP contribution is -2.43. The topological polar surface area (TPSA) is 29.3 Å². The van der Waals surface area contributed by atoms with Crippen LogP contribution in [0, 0.1) is 11.6 Å². The first-order valence-corrected chi connectivity index (χ1v) is 6.02. The summed E-state index contributed by atoms with van der Waals surface area (Å²) < 4.78 is 26.0. The fraction of sp³-hybridized carbons (Fsp3) is 0.538. The lowest BCUT2D eigenvalue weighted by Gasteiger charge is -2.35. The van der Waals surface area contributed by atoms with E-state index in [2.05, 4.69) is 4.90 Å². The summed E-state index contributed by atoms with van der Waals surface area (Å²) in [4.78, 5) is 2.22. The fourth-order valence-corrected chi connectivity index (χ4v) is 2.38. The first-order chi connectivity index (χ1) is 8.08. The van der Waals surface area contributed by atoms with Crippen LogP contribution < -0.4 is 5.73 Å². The quantitative estimate of drug-likeness (QED) is 0.900. The fourth-order valence-electron chi connectivity index (χ4n) is 2.38. The van der Waals surface area contributed by atoms with E-state index in [1.807, 2.05) is 6.92 Å². The van der Waals surface area contributed by atoms with Gasteiger partial charge >= 0.3 is 0 Å². The number of rotatable bonds is 2. The van der Waals surface area contributed by atoms with E-state index in [-0.39, 0.29) is 24.5 Å². The Kier molecular flexibility index (Phi) is 5.50. The summed E-state index contributed by atoms with van der Waals surface area (Å²) in [6, 6.07) is 4.38. The molecule has 1 aromatic carbocycles. The van der Waals surface area contributed by atoms with Crippen molar-refractivity contribution in [2.24, 2.45) is 5.73 Å². The molecule has 2 unspecified atom stereocenters. The minimum atomic E-state index is -0.795. The molecule has 2 N–H and O–H groups in total. The Morgan fingerprint density at radius 3 is 2.67 bits per heavy atom. The van der Waals surface area contributed by atoms with Gasteiger partial charge in [0.25, 0.3) is 0 Å². The SMILES string of the molecule is CC(c1ccc(F)c(F)c1)N1CCCC(N)C1.Cl. The molecule has 102 valence electrons. The number of nitrogens with two attached hydrogens (primary N) is 1. The van der Waals surface area contributed by atoms with Gasteiger partial charge < -0.3 is 5.73 Å². The number of hydrogen-bond donors (Lipinski definition) is 1. The number of benzene rings is 1. The summed E-state index contributed by atoms with van der Waals surface area (Å²) in [5, 5.41) is 0. The van der Waals surface area contributed by atoms with Gasteiger partial charge in [-0.1, -0.05) is 6.07 Å². The molecule has 1 fully saturated rings. The third kappa shape index (κ3) is 3.40. The summed E-state index contributed by atoms with van der Waals surface area (Å²) in [5.41, 5.74) is 6.72. The molecule has 5 heteroatoms. The Morgan fingerprint density at radius 1 is 1.33 bits per heavy atom. The van der Waals surface area contributed by atoms with Crippen LogP contribution in [0.15, 0.2) is 18.2 Å². The van der Waals surface area contributed by atoms with Gasteiger partial charge in [0.15, 0.2) is 11.6 Å². The molecular weight excluding hydrogens is 258 g/mol. The number of halogens is 3. The van der Waals surface area contributed by atoms with Crippen molar-refractivity contribution in [3.05, 3.63) is 35.4 Å². The maximum absolute atomic E-state index is 13.2. The Morgan fingerprint density at radius 2 is 2.06 bits per heavy atom. The molecule has 2 nitrogen and oxygen atoms in total. The number of likely N-dealkylation sites (tertiary alicyclic amines) is 1. The van der Waals surface area contributed by atoms with E-state index in [4.69, 9.17) is 5.73 Å². The molecule has 0 aromatic heterocycles. The maximum atomic E-state index is 13.2. The number of hydrogen-bond acceptors (Lipinski definition) is 2. The average molecular weight is 277 g/mol. The van der Waals surface area contributed by atoms with Gasteiger partial charge in [-0.05, 0) is 44.0 Å². The molecule has 1 aliphatic rings. The van der Waals surface area contributed by atoms with Crippen LogP contribution in [-0.4, -0.2) is 24.0 Å². The Labute approximate surface area is 113 Å². The van der Waals surface area contributed by atoms with Crippen LogP contribution >= 0.6 is 12.4 Å². The van der Waals surface area contributed by atoms with Gasteiger partial charge in [-0.2, -0.15) is 0 Å². The van der Waals surface area contributed by atoms with Crippen LogP contribution in [0.2, 0.25) is 0 Å². The minimum Gasteiger partial charge on any atom is -0.327 e. The average Bonchev–Trinajstić information content (AvgIpc) is 2.32. The molecule has 2 atom stereocenters. The molecule has 1 saturated heterocycles. The van der Waals surface area contributed by atoms with Crippen molar-refractivity contribution in [1.82, 2.24) is 4.90 Å². The summed E-state index contributed by atoms with van der Waals surface area (Å²) in [6.45, 7) is 3.79.